The van der Waals surface area contributed by atoms with Gasteiger partial charge in [0, 0.05) is 22.2 Å². The molecule has 8 heteroatoms. The highest BCUT2D eigenvalue weighted by Gasteiger charge is 2.09. The highest BCUT2D eigenvalue weighted by molar-refractivity contribution is 7.15. The van der Waals surface area contributed by atoms with Crippen molar-refractivity contribution >= 4 is 51.4 Å². The molecule has 24 heavy (non-hydrogen) atoms. The van der Waals surface area contributed by atoms with Crippen LogP contribution in [0.5, 0.6) is 0 Å². The number of urea groups is 1. The molecule has 3 rings (SSSR count). The van der Waals surface area contributed by atoms with Gasteiger partial charge >= 0.3 is 6.03 Å². The molecule has 2 aromatic carbocycles. The first-order valence-corrected chi connectivity index (χ1v) is 8.56. The predicted octanol–water partition coefficient (Wildman–Crippen LogP) is 5.08. The number of hydrogen-bond donors (Lipinski definition) is 2. The number of aromatic nitrogens is 2. The molecule has 0 aliphatic carbocycles. The maximum Gasteiger partial charge on any atom is 0.325 e. The second-order valence-electron chi connectivity index (χ2n) is 4.89. The Morgan fingerprint density at radius 2 is 1.54 bits per heavy atom. The molecular weight excluding hydrogens is 367 g/mol. The maximum absolute atomic E-state index is 11.9. The van der Waals surface area contributed by atoms with E-state index < -0.39 is 0 Å². The van der Waals surface area contributed by atoms with Gasteiger partial charge in [-0.05, 0) is 42.0 Å². The number of anilines is 2. The summed E-state index contributed by atoms with van der Waals surface area (Å²) in [6.45, 7) is 0. The minimum absolute atomic E-state index is 0.383. The molecule has 3 aromatic rings. The molecule has 0 spiro atoms. The van der Waals surface area contributed by atoms with Gasteiger partial charge in [0.2, 0.25) is 5.13 Å². The number of hydrogen-bond acceptors (Lipinski definition) is 4. The Labute approximate surface area is 152 Å². The number of carbonyl (C=O) groups excluding carboxylic acids is 1. The van der Waals surface area contributed by atoms with E-state index in [-0.39, 0.29) is 6.03 Å². The molecule has 2 N–H and O–H groups in total. The minimum Gasteiger partial charge on any atom is -0.308 e. The molecule has 0 fully saturated rings. The second-order valence-corrected chi connectivity index (χ2v) is 6.83. The van der Waals surface area contributed by atoms with Gasteiger partial charge in [0.1, 0.15) is 5.01 Å². The van der Waals surface area contributed by atoms with Crippen molar-refractivity contribution in [3.05, 3.63) is 69.1 Å². The first-order valence-electron chi connectivity index (χ1n) is 6.99. The summed E-state index contributed by atoms with van der Waals surface area (Å²) in [5.41, 5.74) is 1.72. The van der Waals surface area contributed by atoms with Crippen molar-refractivity contribution < 1.29 is 4.79 Å². The fourth-order valence-corrected chi connectivity index (χ4v) is 2.97. The third-order valence-electron chi connectivity index (χ3n) is 3.06. The molecule has 2 amide bonds. The highest BCUT2D eigenvalue weighted by atomic mass is 35.5. The molecule has 0 unspecified atom stereocenters. The zero-order valence-electron chi connectivity index (χ0n) is 12.3. The normalized spacial score (nSPS) is 10.4. The van der Waals surface area contributed by atoms with E-state index in [2.05, 4.69) is 20.8 Å². The number of benzene rings is 2. The summed E-state index contributed by atoms with van der Waals surface area (Å²) in [6.07, 6.45) is 0.634. The summed E-state index contributed by atoms with van der Waals surface area (Å²) in [6, 6.07) is 14.0. The van der Waals surface area contributed by atoms with Crippen molar-refractivity contribution in [2.45, 2.75) is 6.42 Å². The molecule has 0 aliphatic rings. The molecular formula is C16H12Cl2N4OS. The zero-order chi connectivity index (χ0) is 16.9. The van der Waals surface area contributed by atoms with E-state index in [1.54, 1.807) is 24.3 Å². The van der Waals surface area contributed by atoms with Crippen LogP contribution in [0, 0.1) is 0 Å². The largest absolute Gasteiger partial charge is 0.325 e. The molecule has 0 bridgehead atoms. The van der Waals surface area contributed by atoms with E-state index in [1.807, 2.05) is 24.3 Å². The molecule has 0 saturated heterocycles. The van der Waals surface area contributed by atoms with Crippen molar-refractivity contribution in [1.29, 1.82) is 0 Å². The molecule has 0 atom stereocenters. The van der Waals surface area contributed by atoms with Crippen LogP contribution in [0.1, 0.15) is 10.6 Å². The van der Waals surface area contributed by atoms with Gasteiger partial charge in [0.05, 0.1) is 0 Å². The summed E-state index contributed by atoms with van der Waals surface area (Å²) in [5.74, 6) is 0. The molecule has 0 saturated carbocycles. The van der Waals surface area contributed by atoms with Crippen LogP contribution >= 0.6 is 34.5 Å². The third kappa shape index (κ3) is 4.67. The van der Waals surface area contributed by atoms with Crippen molar-refractivity contribution in [3.63, 3.8) is 0 Å². The van der Waals surface area contributed by atoms with E-state index in [4.69, 9.17) is 23.2 Å². The van der Waals surface area contributed by atoms with Crippen molar-refractivity contribution in [2.75, 3.05) is 10.6 Å². The molecule has 0 aliphatic heterocycles. The molecule has 1 aromatic heterocycles. The van der Waals surface area contributed by atoms with Crippen LogP contribution in [0.2, 0.25) is 10.0 Å². The SMILES string of the molecule is O=C(Nc1ccc(Cl)cc1)Nc1nnc(Cc2ccc(Cl)cc2)s1. The Morgan fingerprint density at radius 1 is 0.917 bits per heavy atom. The standard InChI is InChI=1S/C16H12Cl2N4OS/c17-11-3-1-10(2-4-11)9-14-21-22-16(24-14)20-15(23)19-13-7-5-12(18)6-8-13/h1-8H,9H2,(H2,19,20,22,23). The van der Waals surface area contributed by atoms with E-state index in [0.717, 1.165) is 10.6 Å². The lowest BCUT2D eigenvalue weighted by molar-refractivity contribution is 0.262. The monoisotopic (exact) mass is 378 g/mol. The van der Waals surface area contributed by atoms with Gasteiger partial charge < -0.3 is 5.32 Å². The Kier molecular flexibility index (Phi) is 5.30. The number of carbonyl (C=O) groups is 1. The van der Waals surface area contributed by atoms with E-state index in [1.165, 1.54) is 11.3 Å². The van der Waals surface area contributed by atoms with Crippen LogP contribution in [0.3, 0.4) is 0 Å². The van der Waals surface area contributed by atoms with Gasteiger partial charge in [-0.3, -0.25) is 5.32 Å². The van der Waals surface area contributed by atoms with Crippen LogP contribution in [-0.4, -0.2) is 16.2 Å². The summed E-state index contributed by atoms with van der Waals surface area (Å²) < 4.78 is 0. The van der Waals surface area contributed by atoms with Gasteiger partial charge in [-0.15, -0.1) is 10.2 Å². The van der Waals surface area contributed by atoms with Crippen LogP contribution in [0.4, 0.5) is 15.6 Å². The maximum atomic E-state index is 11.9. The van der Waals surface area contributed by atoms with E-state index >= 15 is 0 Å². The summed E-state index contributed by atoms with van der Waals surface area (Å²) in [4.78, 5) is 11.9. The van der Waals surface area contributed by atoms with E-state index in [9.17, 15) is 4.79 Å². The second kappa shape index (κ2) is 7.61. The number of rotatable bonds is 4. The Balaban J connectivity index is 1.58. The van der Waals surface area contributed by atoms with Gasteiger partial charge in [-0.1, -0.05) is 46.7 Å². The van der Waals surface area contributed by atoms with Gasteiger partial charge in [-0.25, -0.2) is 4.79 Å². The summed E-state index contributed by atoms with van der Waals surface area (Å²) in [7, 11) is 0. The van der Waals surface area contributed by atoms with E-state index in [0.29, 0.717) is 27.3 Å². The van der Waals surface area contributed by atoms with Gasteiger partial charge in [0.25, 0.3) is 0 Å². The minimum atomic E-state index is -0.383. The van der Waals surface area contributed by atoms with Crippen LogP contribution < -0.4 is 10.6 Å². The first kappa shape index (κ1) is 16.7. The molecule has 0 radical (unpaired) electrons. The van der Waals surface area contributed by atoms with Gasteiger partial charge in [0.15, 0.2) is 0 Å². The topological polar surface area (TPSA) is 66.9 Å². The lowest BCUT2D eigenvalue weighted by Crippen LogP contribution is -2.19. The zero-order valence-corrected chi connectivity index (χ0v) is 14.6. The van der Waals surface area contributed by atoms with Crippen molar-refractivity contribution in [3.8, 4) is 0 Å². The average molecular weight is 379 g/mol. The summed E-state index contributed by atoms with van der Waals surface area (Å²) >= 11 is 13.0. The highest BCUT2D eigenvalue weighted by Crippen LogP contribution is 2.20. The Bertz CT molecular complexity index is 834. The fourth-order valence-electron chi connectivity index (χ4n) is 1.95. The Hall–Kier alpha value is -2.15. The lowest BCUT2D eigenvalue weighted by Gasteiger charge is -2.04. The lowest BCUT2D eigenvalue weighted by atomic mass is 10.2. The molecule has 5 nitrogen and oxygen atoms in total. The smallest absolute Gasteiger partial charge is 0.308 e. The average Bonchev–Trinajstić information content (AvgIpc) is 2.99. The van der Waals surface area contributed by atoms with Crippen LogP contribution in [-0.2, 0) is 6.42 Å². The molecule has 1 heterocycles. The third-order valence-corrected chi connectivity index (χ3v) is 4.40. The number of nitrogens with zero attached hydrogens (tertiary/aromatic N) is 2. The van der Waals surface area contributed by atoms with Crippen molar-refractivity contribution in [1.82, 2.24) is 10.2 Å². The predicted molar refractivity (Wildman–Crippen MR) is 98.3 cm³/mol. The number of amides is 2. The summed E-state index contributed by atoms with van der Waals surface area (Å²) in [5, 5.41) is 16.0. The molecule has 122 valence electrons. The number of halogens is 2. The quantitative estimate of drug-likeness (QED) is 0.664. The van der Waals surface area contributed by atoms with Gasteiger partial charge in [-0.2, -0.15) is 0 Å². The Morgan fingerprint density at radius 3 is 2.21 bits per heavy atom. The first-order chi connectivity index (χ1) is 11.6. The van der Waals surface area contributed by atoms with Crippen molar-refractivity contribution in [2.24, 2.45) is 0 Å². The van der Waals surface area contributed by atoms with Crippen LogP contribution in [0.15, 0.2) is 48.5 Å². The van der Waals surface area contributed by atoms with Crippen LogP contribution in [0.25, 0.3) is 0 Å². The fraction of sp³-hybridized carbons (Fsp3) is 0.0625. The number of nitrogens with one attached hydrogen (secondary N) is 2.